The highest BCUT2D eigenvalue weighted by Gasteiger charge is 2.06. The zero-order chi connectivity index (χ0) is 12.3. The molecular formula is C15H13F2. The first-order valence-corrected chi connectivity index (χ1v) is 5.66. The van der Waals surface area contributed by atoms with Crippen molar-refractivity contribution in [3.05, 3.63) is 59.7 Å². The third-order valence-corrected chi connectivity index (χ3v) is 2.66. The molecule has 2 rings (SSSR count). The van der Waals surface area contributed by atoms with E-state index >= 15 is 0 Å². The number of aryl methyl sites for hydroxylation is 1. The van der Waals surface area contributed by atoms with Crippen LogP contribution in [-0.2, 0) is 6.42 Å². The van der Waals surface area contributed by atoms with E-state index in [1.165, 1.54) is 18.2 Å². The van der Waals surface area contributed by atoms with Crippen molar-refractivity contribution in [2.24, 2.45) is 0 Å². The molecule has 0 amide bonds. The first-order chi connectivity index (χ1) is 8.20. The maximum Gasteiger partial charge on any atom is 0.131 e. The molecule has 2 aromatic rings. The number of hydrogen-bond donors (Lipinski definition) is 0. The van der Waals surface area contributed by atoms with Crippen LogP contribution in [0.1, 0.15) is 18.9 Å². The highest BCUT2D eigenvalue weighted by atomic mass is 19.1. The molecule has 0 aliphatic heterocycles. The molecular weight excluding hydrogens is 218 g/mol. The monoisotopic (exact) mass is 231 g/mol. The van der Waals surface area contributed by atoms with Crippen LogP contribution in [0.25, 0.3) is 11.1 Å². The quantitative estimate of drug-likeness (QED) is 0.735. The first kappa shape index (κ1) is 11.8. The van der Waals surface area contributed by atoms with Crippen molar-refractivity contribution >= 4 is 0 Å². The van der Waals surface area contributed by atoms with Crippen LogP contribution in [-0.4, -0.2) is 0 Å². The second-order valence-electron chi connectivity index (χ2n) is 3.98. The lowest BCUT2D eigenvalue weighted by atomic mass is 9.97. The highest BCUT2D eigenvalue weighted by Crippen LogP contribution is 2.26. The molecule has 2 aromatic carbocycles. The summed E-state index contributed by atoms with van der Waals surface area (Å²) in [5.41, 5.74) is 2.57. The van der Waals surface area contributed by atoms with E-state index in [0.29, 0.717) is 0 Å². The maximum atomic E-state index is 13.2. The Morgan fingerprint density at radius 1 is 1.12 bits per heavy atom. The Bertz CT molecular complexity index is 518. The summed E-state index contributed by atoms with van der Waals surface area (Å²) in [4.78, 5) is 0. The van der Waals surface area contributed by atoms with Gasteiger partial charge in [0.25, 0.3) is 0 Å². The Morgan fingerprint density at radius 2 is 1.94 bits per heavy atom. The molecule has 0 saturated heterocycles. The molecule has 2 heteroatoms. The Hall–Kier alpha value is -1.70. The van der Waals surface area contributed by atoms with Crippen LogP contribution in [0.3, 0.4) is 0 Å². The molecule has 0 nitrogen and oxygen atoms in total. The molecule has 87 valence electrons. The van der Waals surface area contributed by atoms with E-state index in [9.17, 15) is 8.78 Å². The van der Waals surface area contributed by atoms with Gasteiger partial charge in [-0.15, -0.1) is 0 Å². The Balaban J connectivity index is 2.50. The molecule has 0 aliphatic rings. The first-order valence-electron chi connectivity index (χ1n) is 5.66. The van der Waals surface area contributed by atoms with Crippen molar-refractivity contribution in [3.63, 3.8) is 0 Å². The molecule has 0 unspecified atom stereocenters. The van der Waals surface area contributed by atoms with Gasteiger partial charge in [-0.05, 0) is 41.3 Å². The smallest absolute Gasteiger partial charge is 0.131 e. The van der Waals surface area contributed by atoms with Crippen LogP contribution in [0.2, 0.25) is 0 Å². The van der Waals surface area contributed by atoms with E-state index in [-0.39, 0.29) is 5.82 Å². The van der Waals surface area contributed by atoms with Crippen molar-refractivity contribution < 1.29 is 8.78 Å². The Kier molecular flexibility index (Phi) is 3.52. The van der Waals surface area contributed by atoms with Crippen LogP contribution in [0, 0.1) is 17.7 Å². The number of hydrogen-bond acceptors (Lipinski definition) is 0. The van der Waals surface area contributed by atoms with Gasteiger partial charge in [0.05, 0.1) is 0 Å². The van der Waals surface area contributed by atoms with Crippen LogP contribution < -0.4 is 0 Å². The summed E-state index contributed by atoms with van der Waals surface area (Å²) in [5.74, 6) is -0.644. The largest absolute Gasteiger partial charge is 0.207 e. The third-order valence-electron chi connectivity index (χ3n) is 2.66. The van der Waals surface area contributed by atoms with Gasteiger partial charge in [0.1, 0.15) is 11.6 Å². The van der Waals surface area contributed by atoms with Gasteiger partial charge in [0.15, 0.2) is 0 Å². The molecule has 0 spiro atoms. The summed E-state index contributed by atoms with van der Waals surface area (Å²) < 4.78 is 26.3. The number of rotatable bonds is 3. The average Bonchev–Trinajstić information content (AvgIpc) is 2.29. The predicted molar refractivity (Wildman–Crippen MR) is 64.6 cm³/mol. The van der Waals surface area contributed by atoms with E-state index in [0.717, 1.165) is 29.5 Å². The molecule has 0 bridgehead atoms. The second kappa shape index (κ2) is 5.09. The lowest BCUT2D eigenvalue weighted by Gasteiger charge is -2.09. The lowest BCUT2D eigenvalue weighted by Crippen LogP contribution is -1.91. The number of benzene rings is 2. The van der Waals surface area contributed by atoms with Crippen molar-refractivity contribution in [2.75, 3.05) is 0 Å². The van der Waals surface area contributed by atoms with Gasteiger partial charge < -0.3 is 0 Å². The van der Waals surface area contributed by atoms with E-state index in [1.54, 1.807) is 18.2 Å². The lowest BCUT2D eigenvalue weighted by molar-refractivity contribution is 0.624. The zero-order valence-electron chi connectivity index (χ0n) is 9.63. The summed E-state index contributed by atoms with van der Waals surface area (Å²) in [6.45, 7) is 2.04. The van der Waals surface area contributed by atoms with Gasteiger partial charge in [-0.2, -0.15) is 0 Å². The van der Waals surface area contributed by atoms with Gasteiger partial charge in [0.2, 0.25) is 0 Å². The fourth-order valence-corrected chi connectivity index (χ4v) is 1.92. The van der Waals surface area contributed by atoms with Crippen LogP contribution in [0.4, 0.5) is 8.78 Å². The van der Waals surface area contributed by atoms with E-state index in [2.05, 4.69) is 6.07 Å². The molecule has 1 radical (unpaired) electrons. The normalized spacial score (nSPS) is 10.5. The standard InChI is InChI=1S/C15H13F2/c1-2-4-11-9-14(17)7-8-15(11)12-5-3-6-13(16)10-12/h3,5,7-10H,2,4H2,1H3. The molecule has 17 heavy (non-hydrogen) atoms. The fraction of sp³-hybridized carbons (Fsp3) is 0.200. The molecule has 0 heterocycles. The highest BCUT2D eigenvalue weighted by molar-refractivity contribution is 5.67. The van der Waals surface area contributed by atoms with Crippen molar-refractivity contribution in [1.82, 2.24) is 0 Å². The summed E-state index contributed by atoms with van der Waals surface area (Å²) in [6, 6.07) is 11.8. The molecule has 0 fully saturated rings. The van der Waals surface area contributed by atoms with Crippen LogP contribution in [0.5, 0.6) is 0 Å². The minimum Gasteiger partial charge on any atom is -0.207 e. The molecule has 0 N–H and O–H groups in total. The predicted octanol–water partition coefficient (Wildman–Crippen LogP) is 4.38. The van der Waals surface area contributed by atoms with Gasteiger partial charge in [-0.1, -0.05) is 31.5 Å². The third kappa shape index (κ3) is 2.70. The maximum absolute atomic E-state index is 13.2. The van der Waals surface area contributed by atoms with Crippen molar-refractivity contribution in [3.8, 4) is 11.1 Å². The molecule has 0 aromatic heterocycles. The number of halogens is 2. The van der Waals surface area contributed by atoms with Gasteiger partial charge in [-0.3, -0.25) is 0 Å². The summed E-state index contributed by atoms with van der Waals surface area (Å²) >= 11 is 0. The average molecular weight is 231 g/mol. The van der Waals surface area contributed by atoms with E-state index < -0.39 is 5.82 Å². The van der Waals surface area contributed by atoms with Crippen molar-refractivity contribution in [1.29, 1.82) is 0 Å². The SMILES string of the molecule is CCCc1cc(F)ccc1-c1cc[c]c(F)c1. The minimum absolute atomic E-state index is 0.250. The van der Waals surface area contributed by atoms with Gasteiger partial charge in [0, 0.05) is 6.07 Å². The second-order valence-corrected chi connectivity index (χ2v) is 3.98. The summed E-state index contributed by atoms with van der Waals surface area (Å²) in [6.07, 6.45) is 1.71. The summed E-state index contributed by atoms with van der Waals surface area (Å²) in [5, 5.41) is 0. The van der Waals surface area contributed by atoms with E-state index in [1.807, 2.05) is 6.92 Å². The molecule has 0 atom stereocenters. The Morgan fingerprint density at radius 3 is 2.65 bits per heavy atom. The van der Waals surface area contributed by atoms with Crippen molar-refractivity contribution in [2.45, 2.75) is 19.8 Å². The topological polar surface area (TPSA) is 0 Å². The van der Waals surface area contributed by atoms with Crippen LogP contribution in [0.15, 0.2) is 36.4 Å². The minimum atomic E-state index is -0.394. The van der Waals surface area contributed by atoms with Gasteiger partial charge >= 0.3 is 0 Å². The molecule has 0 saturated carbocycles. The zero-order valence-corrected chi connectivity index (χ0v) is 9.63. The van der Waals surface area contributed by atoms with E-state index in [4.69, 9.17) is 0 Å². The van der Waals surface area contributed by atoms with Crippen LogP contribution >= 0.6 is 0 Å². The Labute approximate surface area is 99.9 Å². The molecule has 0 aliphatic carbocycles. The fourth-order valence-electron chi connectivity index (χ4n) is 1.92. The van der Waals surface area contributed by atoms with Gasteiger partial charge in [-0.25, -0.2) is 8.78 Å². The summed E-state index contributed by atoms with van der Waals surface area (Å²) in [7, 11) is 0.